The summed E-state index contributed by atoms with van der Waals surface area (Å²) < 4.78 is 18.7. The molecule has 4 nitrogen and oxygen atoms in total. The molecule has 14 rings (SSSR count). The van der Waals surface area contributed by atoms with Crippen molar-refractivity contribution in [2.45, 2.75) is 59.0 Å². The van der Waals surface area contributed by atoms with Crippen molar-refractivity contribution in [3.05, 3.63) is 156 Å². The number of hydrogen-bond acceptors (Lipinski definition) is 4. The van der Waals surface area contributed by atoms with Crippen LogP contribution in [0.3, 0.4) is 0 Å². The molecule has 11 aromatic rings. The van der Waals surface area contributed by atoms with Crippen molar-refractivity contribution in [3.8, 4) is 33.7 Å². The Labute approximate surface area is 370 Å². The molecule has 0 fully saturated rings. The fraction of sp³-hybridized carbons (Fsp3) is 0.158. The van der Waals surface area contributed by atoms with Gasteiger partial charge in [-0.3, -0.25) is 0 Å². The smallest absolute Gasteiger partial charge is 0.333 e. The van der Waals surface area contributed by atoms with Gasteiger partial charge >= 0.3 is 6.85 Å². The molecule has 0 saturated carbocycles. The number of benzene rings is 8. The molecule has 0 spiro atoms. The quantitative estimate of drug-likeness (QED) is 0.154. The predicted octanol–water partition coefficient (Wildman–Crippen LogP) is 14.4. The van der Waals surface area contributed by atoms with Gasteiger partial charge in [-0.2, -0.15) is 0 Å². The molecular formula is C57H43BN2O2S. The lowest BCUT2D eigenvalue weighted by molar-refractivity contribution is 0.306. The number of thiophene rings is 1. The largest absolute Gasteiger partial charge is 0.487 e. The summed E-state index contributed by atoms with van der Waals surface area (Å²) >= 11 is 1.91. The van der Waals surface area contributed by atoms with E-state index in [4.69, 9.17) is 9.15 Å². The number of anilines is 2. The standard InChI is InChI=1S/C57H43BN2O2S/c1-56(2,3)32-15-18-34(19-16-32)60-46-29-51-43(42-25-33(57(4,5)6)17-24-50(42)63-51)26-40(46)37-20-21-39-52-45(23-22-38-35-12-8-7-11-31(35)30-61-55(38)52)59-47-28-49-41(36-13-9-10-14-48(36)62-49)27-44(47)58(60)53(37)54(39)59/h7-29H,30H2,1-6H3. The molecule has 0 amide bonds. The topological polar surface area (TPSA) is 30.5 Å². The van der Waals surface area contributed by atoms with Gasteiger partial charge in [0, 0.05) is 70.6 Å². The normalized spacial score (nSPS) is 14.2. The minimum atomic E-state index is -0.127. The van der Waals surface area contributed by atoms with Crippen molar-refractivity contribution in [1.82, 2.24) is 4.57 Å². The summed E-state index contributed by atoms with van der Waals surface area (Å²) in [6, 6.07) is 52.8. The molecule has 0 aliphatic carbocycles. The molecular weight excluding hydrogens is 788 g/mol. The number of furan rings is 1. The molecule has 3 aromatic heterocycles. The van der Waals surface area contributed by atoms with Crippen LogP contribution >= 0.6 is 11.3 Å². The number of rotatable bonds is 1. The Morgan fingerprint density at radius 1 is 0.556 bits per heavy atom. The highest BCUT2D eigenvalue weighted by Crippen LogP contribution is 2.52. The Morgan fingerprint density at radius 2 is 1.32 bits per heavy atom. The van der Waals surface area contributed by atoms with E-state index in [-0.39, 0.29) is 17.7 Å². The average molecular weight is 831 g/mol. The second-order valence-electron chi connectivity index (χ2n) is 20.0. The third kappa shape index (κ3) is 4.77. The van der Waals surface area contributed by atoms with Crippen LogP contribution in [0, 0.1) is 0 Å². The summed E-state index contributed by atoms with van der Waals surface area (Å²) in [6.07, 6.45) is 0. The minimum Gasteiger partial charge on any atom is -0.487 e. The van der Waals surface area contributed by atoms with E-state index < -0.39 is 0 Å². The number of ether oxygens (including phenoxy) is 1. The zero-order valence-corrected chi connectivity index (χ0v) is 37.0. The molecule has 6 heterocycles. The summed E-state index contributed by atoms with van der Waals surface area (Å²) in [5.41, 5.74) is 19.2. The van der Waals surface area contributed by atoms with E-state index in [9.17, 15) is 0 Å². The van der Waals surface area contributed by atoms with Crippen LogP contribution in [0.2, 0.25) is 0 Å². The van der Waals surface area contributed by atoms with Gasteiger partial charge in [0.1, 0.15) is 23.5 Å². The van der Waals surface area contributed by atoms with Gasteiger partial charge in [-0.25, -0.2) is 0 Å². The Balaban J connectivity index is 1.15. The maximum absolute atomic E-state index is 6.84. The van der Waals surface area contributed by atoms with Crippen molar-refractivity contribution in [3.63, 3.8) is 0 Å². The lowest BCUT2D eigenvalue weighted by Gasteiger charge is -2.42. The van der Waals surface area contributed by atoms with E-state index in [1.807, 2.05) is 11.3 Å². The summed E-state index contributed by atoms with van der Waals surface area (Å²) in [5, 5.41) is 7.30. The lowest BCUT2D eigenvalue weighted by Crippen LogP contribution is -2.60. The predicted molar refractivity (Wildman–Crippen MR) is 267 cm³/mol. The SMILES string of the molecule is CC(C)(C)c1ccc(N2B3c4cc5c(cc4-n4c6ccc7c(c6c6ccc(c3c64)-c3cc4c(cc32)sc2ccc(C(C)(C)C)cc24)OCc2ccccc2-7)oc2ccccc25)cc1. The number of fused-ring (bicyclic) bond motifs is 18. The molecule has 0 N–H and O–H groups in total. The molecule has 0 bridgehead atoms. The molecule has 0 radical (unpaired) electrons. The zero-order valence-electron chi connectivity index (χ0n) is 36.2. The molecule has 302 valence electrons. The summed E-state index contributed by atoms with van der Waals surface area (Å²) in [5.74, 6) is 0.964. The van der Waals surface area contributed by atoms with Gasteiger partial charge in [-0.05, 0) is 104 Å². The van der Waals surface area contributed by atoms with Crippen molar-refractivity contribution in [1.29, 1.82) is 0 Å². The summed E-state index contributed by atoms with van der Waals surface area (Å²) in [6.45, 7) is 14.2. The third-order valence-electron chi connectivity index (χ3n) is 14.4. The molecule has 8 aromatic carbocycles. The van der Waals surface area contributed by atoms with Crippen LogP contribution in [0.15, 0.2) is 144 Å². The fourth-order valence-electron chi connectivity index (χ4n) is 11.2. The van der Waals surface area contributed by atoms with Crippen LogP contribution in [0.25, 0.3) is 91.9 Å². The Kier molecular flexibility index (Phi) is 6.84. The highest BCUT2D eigenvalue weighted by atomic mass is 32.1. The summed E-state index contributed by atoms with van der Waals surface area (Å²) in [7, 11) is 0. The van der Waals surface area contributed by atoms with Crippen LogP contribution in [0.1, 0.15) is 58.2 Å². The van der Waals surface area contributed by atoms with Crippen molar-refractivity contribution in [2.24, 2.45) is 0 Å². The van der Waals surface area contributed by atoms with Gasteiger partial charge in [0.2, 0.25) is 0 Å². The second-order valence-corrected chi connectivity index (χ2v) is 21.1. The van der Waals surface area contributed by atoms with Crippen molar-refractivity contribution < 1.29 is 9.15 Å². The van der Waals surface area contributed by atoms with Gasteiger partial charge in [0.25, 0.3) is 0 Å². The maximum atomic E-state index is 6.84. The van der Waals surface area contributed by atoms with Crippen LogP contribution in [0.4, 0.5) is 11.4 Å². The number of nitrogens with zero attached hydrogens (tertiary/aromatic N) is 2. The first-order valence-electron chi connectivity index (χ1n) is 22.2. The average Bonchev–Trinajstić information content (AvgIpc) is 3.95. The Hall–Kier alpha value is -6.76. The van der Waals surface area contributed by atoms with Gasteiger partial charge in [0.15, 0.2) is 0 Å². The van der Waals surface area contributed by atoms with Gasteiger partial charge in [-0.1, -0.05) is 120 Å². The monoisotopic (exact) mass is 830 g/mol. The van der Waals surface area contributed by atoms with Crippen molar-refractivity contribution in [2.75, 3.05) is 4.81 Å². The highest BCUT2D eigenvalue weighted by Gasteiger charge is 2.45. The molecule has 0 unspecified atom stereocenters. The minimum absolute atomic E-state index is 0.0281. The van der Waals surface area contributed by atoms with Crippen LogP contribution in [-0.4, -0.2) is 11.4 Å². The van der Waals surface area contributed by atoms with E-state index in [1.165, 1.54) is 86.8 Å². The highest BCUT2D eigenvalue weighted by molar-refractivity contribution is 7.25. The van der Waals surface area contributed by atoms with E-state index in [0.717, 1.165) is 49.8 Å². The van der Waals surface area contributed by atoms with Crippen molar-refractivity contribution >= 4 is 104 Å². The van der Waals surface area contributed by atoms with Crippen LogP contribution in [-0.2, 0) is 17.4 Å². The number of hydrogen-bond donors (Lipinski definition) is 0. The first-order valence-corrected chi connectivity index (χ1v) is 23.0. The lowest BCUT2D eigenvalue weighted by atomic mass is 9.44. The molecule has 6 heteroatoms. The molecule has 3 aliphatic heterocycles. The van der Waals surface area contributed by atoms with Crippen LogP contribution < -0.4 is 20.5 Å². The van der Waals surface area contributed by atoms with E-state index in [1.54, 1.807) is 0 Å². The third-order valence-corrected chi connectivity index (χ3v) is 15.5. The second kappa shape index (κ2) is 12.0. The Morgan fingerprint density at radius 3 is 2.16 bits per heavy atom. The van der Waals surface area contributed by atoms with Gasteiger partial charge < -0.3 is 18.5 Å². The maximum Gasteiger partial charge on any atom is 0.333 e. The molecule has 0 atom stereocenters. The summed E-state index contributed by atoms with van der Waals surface area (Å²) in [4.78, 5) is 2.66. The molecule has 63 heavy (non-hydrogen) atoms. The first-order chi connectivity index (χ1) is 30.5. The number of aromatic nitrogens is 1. The Bertz CT molecular complexity index is 3830. The number of para-hydroxylation sites is 1. The van der Waals surface area contributed by atoms with E-state index in [0.29, 0.717) is 6.61 Å². The fourth-order valence-corrected chi connectivity index (χ4v) is 12.3. The first kappa shape index (κ1) is 35.8. The van der Waals surface area contributed by atoms with Crippen LogP contribution in [0.5, 0.6) is 5.75 Å². The van der Waals surface area contributed by atoms with Gasteiger partial charge in [-0.15, -0.1) is 11.3 Å². The van der Waals surface area contributed by atoms with E-state index in [2.05, 4.69) is 190 Å². The van der Waals surface area contributed by atoms with E-state index >= 15 is 0 Å². The zero-order chi connectivity index (χ0) is 42.3. The van der Waals surface area contributed by atoms with Gasteiger partial charge in [0.05, 0.1) is 16.4 Å². The molecule has 0 saturated heterocycles. The molecule has 3 aliphatic rings.